The van der Waals surface area contributed by atoms with Gasteiger partial charge in [0.2, 0.25) is 5.43 Å². The zero-order chi connectivity index (χ0) is 25.1. The maximum absolute atomic E-state index is 13.4. The molecule has 4 aromatic rings. The number of hydrogen-bond donors (Lipinski definition) is 1. The largest absolute Gasteiger partial charge is 0.490 e. The summed E-state index contributed by atoms with van der Waals surface area (Å²) < 4.78 is 14.9. The van der Waals surface area contributed by atoms with Gasteiger partial charge in [-0.05, 0) is 59.8 Å². The Morgan fingerprint density at radius 1 is 0.972 bits per heavy atom. The molecule has 1 N–H and O–H groups in total. The first-order chi connectivity index (χ1) is 17.5. The zero-order valence-electron chi connectivity index (χ0n) is 19.5. The van der Waals surface area contributed by atoms with Crippen molar-refractivity contribution in [2.45, 2.75) is 0 Å². The number of thioether (sulfide) groups is 1. The second-order valence-corrected chi connectivity index (χ2v) is 10.2. The van der Waals surface area contributed by atoms with Gasteiger partial charge in [0.25, 0.3) is 5.24 Å². The first-order valence-corrected chi connectivity index (χ1v) is 13.0. The molecular weight excluding hydrogens is 540 g/mol. The number of ether oxygens (including phenoxy) is 2. The van der Waals surface area contributed by atoms with Gasteiger partial charge in [0.05, 0.1) is 17.8 Å². The fourth-order valence-electron chi connectivity index (χ4n) is 4.11. The summed E-state index contributed by atoms with van der Waals surface area (Å²) in [5.74, 6) is 1.01. The quantitative estimate of drug-likeness (QED) is 0.271. The summed E-state index contributed by atoms with van der Waals surface area (Å²) in [5.41, 5.74) is 3.31. The van der Waals surface area contributed by atoms with Crippen LogP contribution in [0.5, 0.6) is 11.5 Å². The molecule has 0 atom stereocenters. The normalized spacial score (nSPS) is 14.3. The maximum Gasteiger partial charge on any atom is 0.283 e. The summed E-state index contributed by atoms with van der Waals surface area (Å²) in [4.78, 5) is 25.7. The SMILES string of the molecule is Cn1c(-c2ccc(Br)cc2)c(OCCOc2ccc(/C=C3\CNC(=O)S3)cc2)c(=O)c2ccccc21. The van der Waals surface area contributed by atoms with E-state index in [-0.39, 0.29) is 23.9 Å². The average molecular weight is 563 g/mol. The van der Waals surface area contributed by atoms with E-state index in [1.165, 1.54) is 11.8 Å². The summed E-state index contributed by atoms with van der Waals surface area (Å²) >= 11 is 4.69. The molecule has 5 rings (SSSR count). The minimum atomic E-state index is -0.142. The number of rotatable bonds is 7. The first-order valence-electron chi connectivity index (χ1n) is 11.4. The number of aromatic nitrogens is 1. The number of carbonyl (C=O) groups excluding carboxylic acids is 1. The van der Waals surface area contributed by atoms with Crippen molar-refractivity contribution in [1.29, 1.82) is 0 Å². The highest BCUT2D eigenvalue weighted by Gasteiger charge is 2.18. The Kier molecular flexibility index (Phi) is 7.16. The van der Waals surface area contributed by atoms with Crippen molar-refractivity contribution in [1.82, 2.24) is 9.88 Å². The van der Waals surface area contributed by atoms with Gasteiger partial charge in [-0.15, -0.1) is 0 Å². The predicted molar refractivity (Wildman–Crippen MR) is 149 cm³/mol. The lowest BCUT2D eigenvalue weighted by molar-refractivity contribution is 0.216. The topological polar surface area (TPSA) is 69.6 Å². The van der Waals surface area contributed by atoms with Crippen LogP contribution in [-0.2, 0) is 7.05 Å². The minimum absolute atomic E-state index is 0.0225. The third-order valence-electron chi connectivity index (χ3n) is 5.82. The van der Waals surface area contributed by atoms with Crippen molar-refractivity contribution in [3.05, 3.63) is 98.0 Å². The van der Waals surface area contributed by atoms with Crippen LogP contribution in [0.4, 0.5) is 4.79 Å². The van der Waals surface area contributed by atoms with E-state index in [1.54, 1.807) is 0 Å². The lowest BCUT2D eigenvalue weighted by Crippen LogP contribution is -2.18. The van der Waals surface area contributed by atoms with Crippen LogP contribution in [0.3, 0.4) is 0 Å². The van der Waals surface area contributed by atoms with E-state index in [1.807, 2.05) is 90.5 Å². The van der Waals surface area contributed by atoms with E-state index in [0.29, 0.717) is 23.4 Å². The summed E-state index contributed by atoms with van der Waals surface area (Å²) in [6.45, 7) is 1.06. The zero-order valence-corrected chi connectivity index (χ0v) is 21.9. The molecule has 1 aliphatic rings. The van der Waals surface area contributed by atoms with Gasteiger partial charge < -0.3 is 19.4 Å². The lowest BCUT2D eigenvalue weighted by Gasteiger charge is -2.18. The van der Waals surface area contributed by atoms with Crippen LogP contribution < -0.4 is 20.2 Å². The van der Waals surface area contributed by atoms with E-state index >= 15 is 0 Å². The number of hydrogen-bond acceptors (Lipinski definition) is 5. The molecule has 1 saturated heterocycles. The second-order valence-electron chi connectivity index (χ2n) is 8.21. The molecule has 1 aromatic heterocycles. The number of halogens is 1. The van der Waals surface area contributed by atoms with Gasteiger partial charge in [0.1, 0.15) is 19.0 Å². The Bertz CT molecular complexity index is 1510. The number of pyridine rings is 1. The molecule has 1 aliphatic heterocycles. The van der Waals surface area contributed by atoms with Gasteiger partial charge in [-0.25, -0.2) is 0 Å². The molecule has 8 heteroatoms. The molecule has 2 heterocycles. The molecule has 182 valence electrons. The smallest absolute Gasteiger partial charge is 0.283 e. The fraction of sp³-hybridized carbons (Fsp3) is 0.143. The minimum Gasteiger partial charge on any atom is -0.490 e. The number of nitrogens with one attached hydrogen (secondary N) is 1. The van der Waals surface area contributed by atoms with E-state index in [2.05, 4.69) is 21.2 Å². The number of carbonyl (C=O) groups is 1. The number of amides is 1. The maximum atomic E-state index is 13.4. The van der Waals surface area contributed by atoms with Crippen LogP contribution in [0.2, 0.25) is 0 Å². The number of fused-ring (bicyclic) bond motifs is 1. The van der Waals surface area contributed by atoms with E-state index in [0.717, 1.165) is 31.7 Å². The van der Waals surface area contributed by atoms with Gasteiger partial charge in [-0.1, -0.05) is 52.3 Å². The van der Waals surface area contributed by atoms with Crippen molar-refractivity contribution in [2.24, 2.45) is 7.05 Å². The molecule has 36 heavy (non-hydrogen) atoms. The molecule has 3 aromatic carbocycles. The van der Waals surface area contributed by atoms with Crippen LogP contribution in [0.25, 0.3) is 28.2 Å². The Hall–Kier alpha value is -3.49. The third kappa shape index (κ3) is 5.20. The van der Waals surface area contributed by atoms with Gasteiger partial charge in [-0.3, -0.25) is 9.59 Å². The molecule has 0 bridgehead atoms. The van der Waals surface area contributed by atoms with E-state index in [4.69, 9.17) is 9.47 Å². The lowest BCUT2D eigenvalue weighted by atomic mass is 10.1. The highest BCUT2D eigenvalue weighted by Crippen LogP contribution is 2.31. The third-order valence-corrected chi connectivity index (χ3v) is 7.20. The van der Waals surface area contributed by atoms with Gasteiger partial charge in [0.15, 0.2) is 5.75 Å². The first kappa shape index (κ1) is 24.2. The summed E-state index contributed by atoms with van der Waals surface area (Å²) in [7, 11) is 1.94. The Balaban J connectivity index is 1.32. The van der Waals surface area contributed by atoms with E-state index in [9.17, 15) is 9.59 Å². The molecule has 0 spiro atoms. The number of nitrogens with zero attached hydrogens (tertiary/aromatic N) is 1. The van der Waals surface area contributed by atoms with Crippen molar-refractivity contribution in [3.63, 3.8) is 0 Å². The molecule has 0 radical (unpaired) electrons. The summed E-state index contributed by atoms with van der Waals surface area (Å²) in [6, 6.07) is 23.0. The van der Waals surface area contributed by atoms with Crippen LogP contribution in [0.1, 0.15) is 5.56 Å². The van der Waals surface area contributed by atoms with Gasteiger partial charge >= 0.3 is 0 Å². The Morgan fingerprint density at radius 2 is 1.69 bits per heavy atom. The highest BCUT2D eigenvalue weighted by molar-refractivity contribution is 9.10. The van der Waals surface area contributed by atoms with Crippen LogP contribution in [0, 0.1) is 0 Å². The van der Waals surface area contributed by atoms with Crippen LogP contribution in [-0.4, -0.2) is 29.6 Å². The molecule has 1 fully saturated rings. The molecule has 1 amide bonds. The number of para-hydroxylation sites is 1. The van der Waals surface area contributed by atoms with Crippen LogP contribution in [0.15, 0.2) is 87.0 Å². The molecule has 0 unspecified atom stereocenters. The fourth-order valence-corrected chi connectivity index (χ4v) is 5.09. The second kappa shape index (κ2) is 10.6. The Labute approximate surface area is 221 Å². The van der Waals surface area contributed by atoms with Gasteiger partial charge in [-0.2, -0.15) is 0 Å². The standard InChI is InChI=1S/C28H23BrN2O4S/c1-31-24-5-3-2-4-23(24)26(32)27(25(31)19-8-10-20(29)11-9-19)35-15-14-34-21-12-6-18(7-13-21)16-22-17-30-28(33)36-22/h2-13,16H,14-15,17H2,1H3,(H,30,33)/b22-16+. The van der Waals surface area contributed by atoms with Crippen molar-refractivity contribution >= 4 is 49.9 Å². The van der Waals surface area contributed by atoms with E-state index < -0.39 is 0 Å². The van der Waals surface area contributed by atoms with Crippen molar-refractivity contribution in [3.8, 4) is 22.8 Å². The monoisotopic (exact) mass is 562 g/mol. The Morgan fingerprint density at radius 3 is 2.42 bits per heavy atom. The molecule has 0 saturated carbocycles. The predicted octanol–water partition coefficient (Wildman–Crippen LogP) is 6.22. The highest BCUT2D eigenvalue weighted by atomic mass is 79.9. The van der Waals surface area contributed by atoms with Crippen LogP contribution >= 0.6 is 27.7 Å². The number of benzene rings is 3. The molecular formula is C28H23BrN2O4S. The summed E-state index contributed by atoms with van der Waals surface area (Å²) in [5, 5.41) is 3.36. The average Bonchev–Trinajstić information content (AvgIpc) is 3.30. The van der Waals surface area contributed by atoms with Crippen molar-refractivity contribution < 1.29 is 14.3 Å². The summed E-state index contributed by atoms with van der Waals surface area (Å²) in [6.07, 6.45) is 1.98. The van der Waals surface area contributed by atoms with Crippen molar-refractivity contribution in [2.75, 3.05) is 19.8 Å². The van der Waals surface area contributed by atoms with Gasteiger partial charge in [0, 0.05) is 27.4 Å². The molecule has 6 nitrogen and oxygen atoms in total. The number of aryl methyl sites for hydroxylation is 1. The molecule has 0 aliphatic carbocycles.